The fraction of sp³-hybridized carbons (Fsp3) is 0.280. The molecule has 3 aromatic carbocycles. The van der Waals surface area contributed by atoms with Gasteiger partial charge in [-0.2, -0.15) is 0 Å². The minimum atomic E-state index is -1.72. The highest BCUT2D eigenvalue weighted by molar-refractivity contribution is 5.47. The molecule has 3 aromatic rings. The van der Waals surface area contributed by atoms with Crippen LogP contribution in [-0.2, 0) is 10.3 Å². The molecule has 6 heteroatoms. The highest BCUT2D eigenvalue weighted by atomic mass is 16.5. The number of hydrogen-bond acceptors (Lipinski definition) is 6. The van der Waals surface area contributed by atoms with Crippen molar-refractivity contribution in [3.63, 3.8) is 0 Å². The summed E-state index contributed by atoms with van der Waals surface area (Å²) >= 11 is 0. The summed E-state index contributed by atoms with van der Waals surface area (Å²) < 4.78 is 6.37. The van der Waals surface area contributed by atoms with Crippen molar-refractivity contribution in [2.24, 2.45) is 0 Å². The second-order valence-electron chi connectivity index (χ2n) is 7.39. The summed E-state index contributed by atoms with van der Waals surface area (Å²) in [5.74, 6) is 0. The monoisotopic (exact) mass is 424 g/mol. The van der Waals surface area contributed by atoms with Crippen molar-refractivity contribution in [3.05, 3.63) is 108 Å². The van der Waals surface area contributed by atoms with Crippen molar-refractivity contribution < 1.29 is 30.3 Å². The van der Waals surface area contributed by atoms with Gasteiger partial charge in [-0.25, -0.2) is 0 Å². The number of rotatable bonds is 10. The van der Waals surface area contributed by atoms with Crippen molar-refractivity contribution in [2.45, 2.75) is 30.0 Å². The Morgan fingerprint density at radius 2 is 0.935 bits per heavy atom. The number of aliphatic hydroxyl groups excluding tert-OH is 5. The molecule has 0 spiro atoms. The van der Waals surface area contributed by atoms with Crippen LogP contribution < -0.4 is 0 Å². The third-order valence-electron chi connectivity index (χ3n) is 5.34. The second-order valence-corrected chi connectivity index (χ2v) is 7.39. The predicted octanol–water partition coefficient (Wildman–Crippen LogP) is 1.43. The van der Waals surface area contributed by atoms with Gasteiger partial charge in [-0.1, -0.05) is 91.0 Å². The Kier molecular flexibility index (Phi) is 7.92. The Labute approximate surface area is 181 Å². The molecule has 0 aliphatic rings. The van der Waals surface area contributed by atoms with Crippen LogP contribution in [0.3, 0.4) is 0 Å². The number of aliphatic hydroxyl groups is 5. The standard InChI is InChI=1S/C25H28O6/c26-16-21(27)23(29)24(30)22(28)17-31-25(18-10-4-1-5-11-18,19-12-6-2-7-13-19)20-14-8-3-9-15-20/h1-15,21-24,26-30H,16-17H2/t21-,22+,23-,24-/m0/s1. The fourth-order valence-electron chi connectivity index (χ4n) is 3.64. The van der Waals surface area contributed by atoms with Crippen LogP contribution in [0.1, 0.15) is 16.7 Å². The molecule has 0 aliphatic heterocycles. The predicted molar refractivity (Wildman–Crippen MR) is 116 cm³/mol. The fourth-order valence-corrected chi connectivity index (χ4v) is 3.64. The zero-order valence-electron chi connectivity index (χ0n) is 17.0. The Morgan fingerprint density at radius 1 is 0.581 bits per heavy atom. The lowest BCUT2D eigenvalue weighted by molar-refractivity contribution is -0.140. The van der Waals surface area contributed by atoms with Gasteiger partial charge in [0.2, 0.25) is 0 Å². The van der Waals surface area contributed by atoms with Crippen LogP contribution in [0.15, 0.2) is 91.0 Å². The van der Waals surface area contributed by atoms with Crippen LogP contribution in [0.25, 0.3) is 0 Å². The molecule has 0 heterocycles. The van der Waals surface area contributed by atoms with Crippen LogP contribution in [0.4, 0.5) is 0 Å². The molecule has 0 radical (unpaired) electrons. The summed E-state index contributed by atoms with van der Waals surface area (Å²) in [5.41, 5.74) is 1.38. The van der Waals surface area contributed by atoms with Crippen molar-refractivity contribution in [1.29, 1.82) is 0 Å². The van der Waals surface area contributed by atoms with E-state index in [9.17, 15) is 20.4 Å². The van der Waals surface area contributed by atoms with E-state index in [0.717, 1.165) is 16.7 Å². The lowest BCUT2D eigenvalue weighted by Crippen LogP contribution is -2.48. The van der Waals surface area contributed by atoms with E-state index in [1.807, 2.05) is 91.0 Å². The molecule has 0 bridgehead atoms. The average Bonchev–Trinajstić information content (AvgIpc) is 2.84. The molecule has 0 unspecified atom stereocenters. The minimum Gasteiger partial charge on any atom is -0.394 e. The van der Waals surface area contributed by atoms with E-state index in [-0.39, 0.29) is 6.61 Å². The summed E-state index contributed by atoms with van der Waals surface area (Å²) in [6, 6.07) is 28.6. The van der Waals surface area contributed by atoms with E-state index in [2.05, 4.69) is 0 Å². The summed E-state index contributed by atoms with van der Waals surface area (Å²) in [5, 5.41) is 49.3. The molecule has 3 rings (SSSR count). The summed E-state index contributed by atoms with van der Waals surface area (Å²) in [4.78, 5) is 0. The topological polar surface area (TPSA) is 110 Å². The number of hydrogen-bond donors (Lipinski definition) is 5. The summed E-state index contributed by atoms with van der Waals surface area (Å²) in [7, 11) is 0. The Hall–Kier alpha value is -2.58. The zero-order valence-corrected chi connectivity index (χ0v) is 17.0. The molecule has 0 aliphatic carbocycles. The van der Waals surface area contributed by atoms with Crippen LogP contribution >= 0.6 is 0 Å². The number of benzene rings is 3. The van der Waals surface area contributed by atoms with E-state index in [1.54, 1.807) is 0 Å². The Balaban J connectivity index is 2.02. The molecular formula is C25H28O6. The van der Waals surface area contributed by atoms with Crippen molar-refractivity contribution >= 4 is 0 Å². The molecule has 31 heavy (non-hydrogen) atoms. The molecule has 0 saturated carbocycles. The zero-order chi connectivity index (χ0) is 22.3. The van der Waals surface area contributed by atoms with Gasteiger partial charge in [-0.15, -0.1) is 0 Å². The van der Waals surface area contributed by atoms with E-state index >= 15 is 0 Å². The summed E-state index contributed by atoms with van der Waals surface area (Å²) in [6.45, 7) is -1.08. The maximum Gasteiger partial charge on any atom is 0.143 e. The van der Waals surface area contributed by atoms with Crippen molar-refractivity contribution in [3.8, 4) is 0 Å². The Morgan fingerprint density at radius 3 is 1.29 bits per heavy atom. The third kappa shape index (κ3) is 5.02. The first-order valence-electron chi connectivity index (χ1n) is 10.1. The van der Waals surface area contributed by atoms with Crippen LogP contribution in [0.5, 0.6) is 0 Å². The van der Waals surface area contributed by atoms with E-state index < -0.39 is 36.6 Å². The first-order chi connectivity index (χ1) is 15.0. The second kappa shape index (κ2) is 10.6. The van der Waals surface area contributed by atoms with Crippen LogP contribution in [-0.4, -0.2) is 63.2 Å². The van der Waals surface area contributed by atoms with Crippen LogP contribution in [0, 0.1) is 0 Å². The largest absolute Gasteiger partial charge is 0.394 e. The Bertz CT molecular complexity index is 806. The molecule has 164 valence electrons. The summed E-state index contributed by atoms with van der Waals surface area (Å²) in [6.07, 6.45) is -6.51. The molecule has 0 fully saturated rings. The normalized spacial score (nSPS) is 15.8. The minimum absolute atomic E-state index is 0.338. The van der Waals surface area contributed by atoms with Gasteiger partial charge in [-0.3, -0.25) is 0 Å². The maximum absolute atomic E-state index is 10.5. The van der Waals surface area contributed by atoms with Gasteiger partial charge in [0.05, 0.1) is 13.2 Å². The highest BCUT2D eigenvalue weighted by Gasteiger charge is 2.39. The van der Waals surface area contributed by atoms with Gasteiger partial charge in [0.25, 0.3) is 0 Å². The third-order valence-corrected chi connectivity index (χ3v) is 5.34. The number of ether oxygens (including phenoxy) is 1. The van der Waals surface area contributed by atoms with Crippen molar-refractivity contribution in [1.82, 2.24) is 0 Å². The first-order valence-corrected chi connectivity index (χ1v) is 10.1. The lowest BCUT2D eigenvalue weighted by Gasteiger charge is -2.37. The van der Waals surface area contributed by atoms with Crippen molar-refractivity contribution in [2.75, 3.05) is 13.2 Å². The molecule has 5 N–H and O–H groups in total. The quantitative estimate of drug-likeness (QED) is 0.315. The highest BCUT2D eigenvalue weighted by Crippen LogP contribution is 2.40. The van der Waals surface area contributed by atoms with Gasteiger partial charge in [-0.05, 0) is 16.7 Å². The smallest absolute Gasteiger partial charge is 0.143 e. The SMILES string of the molecule is OC[C@H](O)[C@H](O)[C@@H](O)[C@H](O)COC(c1ccccc1)(c1ccccc1)c1ccccc1. The van der Waals surface area contributed by atoms with E-state index in [0.29, 0.717) is 0 Å². The van der Waals surface area contributed by atoms with Gasteiger partial charge in [0, 0.05) is 0 Å². The molecule has 0 aromatic heterocycles. The van der Waals surface area contributed by atoms with Gasteiger partial charge in [0.15, 0.2) is 0 Å². The molecule has 4 atom stereocenters. The van der Waals surface area contributed by atoms with Gasteiger partial charge in [0.1, 0.15) is 30.0 Å². The van der Waals surface area contributed by atoms with E-state index in [1.165, 1.54) is 0 Å². The van der Waals surface area contributed by atoms with E-state index in [4.69, 9.17) is 9.84 Å². The molecular weight excluding hydrogens is 396 g/mol. The molecule has 0 saturated heterocycles. The molecule has 0 amide bonds. The van der Waals surface area contributed by atoms with Gasteiger partial charge < -0.3 is 30.3 Å². The molecule has 6 nitrogen and oxygen atoms in total. The lowest BCUT2D eigenvalue weighted by atomic mass is 9.80. The first kappa shape index (κ1) is 23.1. The average molecular weight is 424 g/mol. The van der Waals surface area contributed by atoms with Gasteiger partial charge >= 0.3 is 0 Å². The maximum atomic E-state index is 10.5. The van der Waals surface area contributed by atoms with Crippen LogP contribution in [0.2, 0.25) is 0 Å².